The van der Waals surface area contributed by atoms with Crippen LogP contribution in [0.3, 0.4) is 0 Å². The summed E-state index contributed by atoms with van der Waals surface area (Å²) in [5.74, 6) is -2.33. The van der Waals surface area contributed by atoms with Gasteiger partial charge in [-0.2, -0.15) is 34.8 Å². The van der Waals surface area contributed by atoms with Crippen LogP contribution in [-0.2, 0) is 64.7 Å². The number of fused-ring (bicyclic) bond motifs is 3. The number of aromatic nitrogens is 4. The second-order valence-corrected chi connectivity index (χ2v) is 28.1. The maximum Gasteiger partial charge on any atom is 0.326 e. The molecule has 0 radical (unpaired) electrons. The number of rotatable bonds is 25. The van der Waals surface area contributed by atoms with Gasteiger partial charge in [0.25, 0.3) is 41.8 Å². The number of allylic oxidation sites excluding steroid dienone is 7. The molecule has 6 aromatic rings. The van der Waals surface area contributed by atoms with Crippen LogP contribution in [0.15, 0.2) is 143 Å². The number of amides is 1. The summed E-state index contributed by atoms with van der Waals surface area (Å²) < 4.78 is 109. The molecule has 9 rings (SSSR count). The van der Waals surface area contributed by atoms with Crippen LogP contribution in [-0.4, -0.2) is 117 Å². The monoisotopic (exact) mass is 1270 g/mol. The van der Waals surface area contributed by atoms with Crippen LogP contribution in [0.1, 0.15) is 117 Å². The van der Waals surface area contributed by atoms with Gasteiger partial charge in [-0.25, -0.2) is 14.8 Å². The van der Waals surface area contributed by atoms with Crippen molar-refractivity contribution in [2.24, 2.45) is 0 Å². The Hall–Kier alpha value is -8.40. The lowest BCUT2D eigenvalue weighted by molar-refractivity contribution is -0.438. The predicted octanol–water partition coefficient (Wildman–Crippen LogP) is 8.42. The Balaban J connectivity index is 1.01. The largest absolute Gasteiger partial charge is 0.480 e. The SMILES string of the molecule is Cc1ccc2c(c1)C(C)(C)/C(=C\C=C1/CCCC(/C=C/C3=[N+](CCCCS(=O)(=O)O)c4ccc(CS(=O)(=O)O)cc4C3(C)C)=C1Oc1ccc(C[C@@H](NC(=O)c3ccc(NCc4cnc5nc(N)[nH]c(=O)c5n4)cc3)C(=O)O)cc1)N2CCCCS(=O)(=O)O. The predicted molar refractivity (Wildman–Crippen MR) is 339 cm³/mol. The second-order valence-electron chi connectivity index (χ2n) is 23.5. The first-order valence-corrected chi connectivity index (χ1v) is 33.8. The van der Waals surface area contributed by atoms with Crippen LogP contribution in [0.2, 0.25) is 0 Å². The average molecular weight is 1280 g/mol. The number of H-pyrrole nitrogens is 1. The highest BCUT2D eigenvalue weighted by atomic mass is 32.2. The summed E-state index contributed by atoms with van der Waals surface area (Å²) in [5, 5.41) is 16.1. The van der Waals surface area contributed by atoms with Gasteiger partial charge in [-0.3, -0.25) is 28.2 Å². The quantitative estimate of drug-likeness (QED) is 0.0151. The van der Waals surface area contributed by atoms with Gasteiger partial charge < -0.3 is 31.1 Å². The highest BCUT2D eigenvalue weighted by Crippen LogP contribution is 2.49. The maximum atomic E-state index is 13.5. The van der Waals surface area contributed by atoms with Gasteiger partial charge in [0, 0.05) is 65.1 Å². The number of aromatic amines is 1. The molecule has 470 valence electrons. The molecule has 0 bridgehead atoms. The van der Waals surface area contributed by atoms with E-state index in [1.807, 2.05) is 45.1 Å². The zero-order valence-electron chi connectivity index (χ0n) is 49.9. The molecular weight excluding hydrogens is 1200 g/mol. The van der Waals surface area contributed by atoms with Crippen molar-refractivity contribution >= 4 is 82.1 Å². The Bertz CT molecular complexity index is 4330. The number of carbonyl (C=O) groups excluding carboxylic acids is 1. The van der Waals surface area contributed by atoms with Crippen molar-refractivity contribution in [3.05, 3.63) is 187 Å². The van der Waals surface area contributed by atoms with E-state index >= 15 is 0 Å². The summed E-state index contributed by atoms with van der Waals surface area (Å²) >= 11 is 0. The third-order valence-corrected chi connectivity index (χ3v) is 18.4. The number of nitrogen functional groups attached to an aromatic ring is 1. The summed E-state index contributed by atoms with van der Waals surface area (Å²) in [6, 6.07) is 23.4. The molecule has 26 heteroatoms. The molecule has 9 N–H and O–H groups in total. The fourth-order valence-corrected chi connectivity index (χ4v) is 13.3. The normalized spacial score (nSPS) is 17.0. The molecule has 2 aliphatic heterocycles. The molecular formula is C63H72N9O14S3+. The third-order valence-electron chi connectivity index (χ3n) is 16.1. The number of anilines is 3. The number of aliphatic carboxylic acids is 1. The van der Waals surface area contributed by atoms with Gasteiger partial charge in [0.2, 0.25) is 11.6 Å². The van der Waals surface area contributed by atoms with E-state index in [9.17, 15) is 58.4 Å². The van der Waals surface area contributed by atoms with E-state index in [1.165, 1.54) is 6.20 Å². The van der Waals surface area contributed by atoms with E-state index < -0.39 is 76.2 Å². The molecule has 1 atom stereocenters. The Kier molecular flexibility index (Phi) is 19.3. The Morgan fingerprint density at radius 1 is 0.809 bits per heavy atom. The lowest BCUT2D eigenvalue weighted by atomic mass is 9.80. The molecule has 4 heterocycles. The molecule has 0 saturated carbocycles. The Labute approximate surface area is 516 Å². The van der Waals surface area contributed by atoms with E-state index in [0.717, 1.165) is 57.0 Å². The number of ether oxygens (including phenoxy) is 1. The fourth-order valence-electron chi connectivity index (χ4n) is 11.6. The number of carbonyl (C=O) groups is 2. The number of nitrogens with one attached hydrogen (secondary N) is 3. The highest BCUT2D eigenvalue weighted by molar-refractivity contribution is 7.86. The maximum absolute atomic E-state index is 13.5. The molecule has 89 heavy (non-hydrogen) atoms. The van der Waals surface area contributed by atoms with Crippen LogP contribution in [0.25, 0.3) is 11.2 Å². The van der Waals surface area contributed by atoms with E-state index in [4.69, 9.17) is 10.5 Å². The first kappa shape index (κ1) is 65.1. The fraction of sp³-hybridized carbons (Fsp3) is 0.349. The van der Waals surface area contributed by atoms with Crippen molar-refractivity contribution < 1.29 is 62.9 Å². The van der Waals surface area contributed by atoms with Gasteiger partial charge >= 0.3 is 5.97 Å². The van der Waals surface area contributed by atoms with Crippen molar-refractivity contribution in [2.75, 3.05) is 40.5 Å². The van der Waals surface area contributed by atoms with E-state index in [-0.39, 0.29) is 54.2 Å². The number of nitrogens with zero attached hydrogens (tertiary/aromatic N) is 5. The smallest absolute Gasteiger partial charge is 0.326 e. The second kappa shape index (κ2) is 26.4. The first-order chi connectivity index (χ1) is 41.9. The van der Waals surface area contributed by atoms with Gasteiger partial charge in [0.15, 0.2) is 16.9 Å². The minimum atomic E-state index is -4.36. The van der Waals surface area contributed by atoms with E-state index in [0.29, 0.717) is 72.8 Å². The topological polar surface area (TPSA) is 355 Å². The molecule has 0 fully saturated rings. The number of carboxylic acids is 1. The summed E-state index contributed by atoms with van der Waals surface area (Å²) in [6.07, 6.45) is 12.7. The molecule has 0 unspecified atom stereocenters. The minimum Gasteiger partial charge on any atom is -0.480 e. The zero-order chi connectivity index (χ0) is 64.2. The van der Waals surface area contributed by atoms with Gasteiger partial charge in [-0.1, -0.05) is 55.8 Å². The molecule has 3 aliphatic rings. The van der Waals surface area contributed by atoms with Crippen LogP contribution >= 0.6 is 0 Å². The summed E-state index contributed by atoms with van der Waals surface area (Å²) in [6.45, 7) is 11.3. The molecule has 4 aromatic carbocycles. The lowest BCUT2D eigenvalue weighted by Gasteiger charge is -2.27. The zero-order valence-corrected chi connectivity index (χ0v) is 52.3. The van der Waals surface area contributed by atoms with Gasteiger partial charge in [0.05, 0.1) is 35.4 Å². The van der Waals surface area contributed by atoms with Crippen LogP contribution in [0, 0.1) is 6.92 Å². The lowest BCUT2D eigenvalue weighted by Crippen LogP contribution is -2.42. The molecule has 0 spiro atoms. The molecule has 2 aromatic heterocycles. The van der Waals surface area contributed by atoms with Crippen LogP contribution in [0.5, 0.6) is 5.75 Å². The van der Waals surface area contributed by atoms with E-state index in [1.54, 1.807) is 66.7 Å². The number of hydrogen-bond acceptors (Lipinski definition) is 16. The number of aryl methyl sites for hydroxylation is 1. The summed E-state index contributed by atoms with van der Waals surface area (Å²) in [5.41, 5.74) is 14.4. The number of unbranched alkanes of at least 4 members (excludes halogenated alkanes) is 2. The minimum absolute atomic E-state index is 0.0304. The Morgan fingerprint density at radius 3 is 2.19 bits per heavy atom. The summed E-state index contributed by atoms with van der Waals surface area (Å²) in [4.78, 5) is 55.6. The highest BCUT2D eigenvalue weighted by Gasteiger charge is 2.45. The van der Waals surface area contributed by atoms with Crippen molar-refractivity contribution in [3.63, 3.8) is 0 Å². The van der Waals surface area contributed by atoms with Gasteiger partial charge in [-0.05, 0) is 148 Å². The molecule has 1 aliphatic carbocycles. The number of carboxylic acid groups (broad SMARTS) is 1. The first-order valence-electron chi connectivity index (χ1n) is 28.9. The Morgan fingerprint density at radius 2 is 1.51 bits per heavy atom. The third kappa shape index (κ3) is 16.1. The molecule has 23 nitrogen and oxygen atoms in total. The van der Waals surface area contributed by atoms with Crippen LogP contribution < -0.4 is 31.6 Å². The van der Waals surface area contributed by atoms with E-state index in [2.05, 4.69) is 72.1 Å². The van der Waals surface area contributed by atoms with Gasteiger partial charge in [0.1, 0.15) is 29.8 Å². The van der Waals surface area contributed by atoms with Crippen molar-refractivity contribution in [1.29, 1.82) is 0 Å². The van der Waals surface area contributed by atoms with Gasteiger partial charge in [-0.15, -0.1) is 0 Å². The van der Waals surface area contributed by atoms with Crippen molar-refractivity contribution in [1.82, 2.24) is 25.3 Å². The molecule has 1 amide bonds. The number of hydrogen-bond donors (Lipinski definition) is 8. The van der Waals surface area contributed by atoms with Crippen LogP contribution in [0.4, 0.5) is 23.0 Å². The summed E-state index contributed by atoms with van der Waals surface area (Å²) in [7, 11) is -12.7. The van der Waals surface area contributed by atoms with Crippen molar-refractivity contribution in [3.8, 4) is 5.75 Å². The number of benzene rings is 4. The van der Waals surface area contributed by atoms with Crippen molar-refractivity contribution in [2.45, 2.75) is 115 Å². The average Bonchev–Trinajstić information content (AvgIpc) is 1.61. The number of nitrogens with two attached hydrogens (primary N) is 1. The molecule has 0 saturated heterocycles. The standard InChI is InChI=1S/C63H71N9O14S3/c1-39-13-25-51-48(33-39)62(2,3)53(71(51)29-6-8-31-87(77,78)79)27-19-42-11-10-12-43(20-28-54-63(4,5)49-34-41(38-89(83,84)85)16-26-52(49)72(54)30-7-9-32-88(80,81)82)56(42)86-47-23-14-40(15-24-47)35-50(60(75)76)68-58(73)44-17-21-45(22-18-44)65-36-46-37-66-57-55(67-46)59(74)70-61(64)69-57/h13-28,33-34,37,50H,6-12,29-32,35-36,38H2,1-5H3,(H8-,64,65,66,68,69,70,73,74,75,76,77,78,79,80,81,82,83,84,85)/p+1/t50-/m1/s1.